The minimum Gasteiger partial charge on any atom is -0.370 e. The molecular formula is C18H24N3O2+. The van der Waals surface area contributed by atoms with Gasteiger partial charge in [0.05, 0.1) is 24.8 Å². The van der Waals surface area contributed by atoms with Crippen molar-refractivity contribution in [2.45, 2.75) is 31.8 Å². The smallest absolute Gasteiger partial charge is 0.201 e. The number of benzene rings is 1. The van der Waals surface area contributed by atoms with Crippen molar-refractivity contribution in [2.24, 2.45) is 11.0 Å². The largest absolute Gasteiger partial charge is 0.370 e. The summed E-state index contributed by atoms with van der Waals surface area (Å²) in [5, 5.41) is 7.00. The maximum Gasteiger partial charge on any atom is 0.201 e. The highest BCUT2D eigenvalue weighted by Gasteiger charge is 2.62. The Kier molecular flexibility index (Phi) is 3.70. The molecule has 0 radical (unpaired) electrons. The van der Waals surface area contributed by atoms with Crippen LogP contribution in [0.2, 0.25) is 0 Å². The zero-order valence-electron chi connectivity index (χ0n) is 13.6. The number of nitrogens with one attached hydrogen (secondary N) is 1. The van der Waals surface area contributed by atoms with Gasteiger partial charge in [0.2, 0.25) is 5.66 Å². The van der Waals surface area contributed by atoms with E-state index in [4.69, 9.17) is 9.84 Å². The van der Waals surface area contributed by atoms with E-state index in [9.17, 15) is 4.79 Å². The first-order chi connectivity index (χ1) is 11.2. The van der Waals surface area contributed by atoms with E-state index in [0.29, 0.717) is 0 Å². The van der Waals surface area contributed by atoms with Crippen LogP contribution in [0.25, 0.3) is 0 Å². The van der Waals surface area contributed by atoms with Crippen LogP contribution in [-0.4, -0.2) is 43.5 Å². The fraction of sp³-hybridized carbons (Fsp3) is 0.556. The van der Waals surface area contributed by atoms with Crippen molar-refractivity contribution in [3.8, 4) is 0 Å². The van der Waals surface area contributed by atoms with Gasteiger partial charge in [0.15, 0.2) is 5.78 Å². The number of hydrazone groups is 1. The SMILES string of the molecule is CC(=O)C1=NN(c2ccccc2)[C@@]2([NH+]3CCOCC3)CCC[C@H]12. The molecule has 1 saturated carbocycles. The molecule has 0 spiro atoms. The summed E-state index contributed by atoms with van der Waals surface area (Å²) in [6, 6.07) is 10.3. The molecular weight excluding hydrogens is 290 g/mol. The molecule has 2 heterocycles. The number of fused-ring (bicyclic) bond motifs is 1. The fourth-order valence-corrected chi connectivity index (χ4v) is 4.67. The molecule has 3 aliphatic rings. The molecule has 4 rings (SSSR count). The molecule has 5 heteroatoms. The highest BCUT2D eigenvalue weighted by atomic mass is 16.5. The predicted octanol–water partition coefficient (Wildman–Crippen LogP) is 0.863. The molecule has 0 bridgehead atoms. The van der Waals surface area contributed by atoms with Crippen molar-refractivity contribution in [1.29, 1.82) is 0 Å². The molecule has 0 unspecified atom stereocenters. The molecule has 1 N–H and O–H groups in total. The normalized spacial score (nSPS) is 31.1. The van der Waals surface area contributed by atoms with E-state index in [1.165, 1.54) is 4.90 Å². The molecule has 1 aromatic rings. The Labute approximate surface area is 136 Å². The number of quaternary nitrogens is 1. The summed E-state index contributed by atoms with van der Waals surface area (Å²) >= 11 is 0. The molecule has 23 heavy (non-hydrogen) atoms. The van der Waals surface area contributed by atoms with Gasteiger partial charge < -0.3 is 9.64 Å². The Bertz CT molecular complexity index is 624. The average Bonchev–Trinajstić information content (AvgIpc) is 3.14. The van der Waals surface area contributed by atoms with E-state index in [1.54, 1.807) is 6.92 Å². The van der Waals surface area contributed by atoms with Crippen LogP contribution in [0.3, 0.4) is 0 Å². The highest BCUT2D eigenvalue weighted by Crippen LogP contribution is 2.44. The van der Waals surface area contributed by atoms with E-state index in [1.807, 2.05) is 18.2 Å². The maximum absolute atomic E-state index is 12.2. The van der Waals surface area contributed by atoms with Crippen molar-refractivity contribution in [3.05, 3.63) is 30.3 Å². The molecule has 2 atom stereocenters. The number of anilines is 1. The standard InChI is InChI=1S/C18H23N3O2/c1-14(22)17-16-8-5-9-18(16,20-10-12-23-13-11-20)21(19-17)15-6-3-2-4-7-15/h2-4,6-7,16H,5,8-13H2,1H3/p+1/t16-,18+/m1/s1. The summed E-state index contributed by atoms with van der Waals surface area (Å²) in [6.07, 6.45) is 3.30. The summed E-state index contributed by atoms with van der Waals surface area (Å²) in [5.74, 6) is 0.362. The Morgan fingerprint density at radius 3 is 2.74 bits per heavy atom. The van der Waals surface area contributed by atoms with Crippen molar-refractivity contribution < 1.29 is 14.4 Å². The third-order valence-corrected chi connectivity index (χ3v) is 5.61. The second-order valence-electron chi connectivity index (χ2n) is 6.77. The van der Waals surface area contributed by atoms with Gasteiger partial charge in [0.1, 0.15) is 18.8 Å². The lowest BCUT2D eigenvalue weighted by molar-refractivity contribution is -0.960. The molecule has 1 aliphatic carbocycles. The van der Waals surface area contributed by atoms with Crippen molar-refractivity contribution >= 4 is 17.2 Å². The number of morpholine rings is 1. The van der Waals surface area contributed by atoms with E-state index in [-0.39, 0.29) is 17.4 Å². The lowest BCUT2D eigenvalue weighted by Crippen LogP contribution is -3.24. The number of nitrogens with zero attached hydrogens (tertiary/aromatic N) is 2. The zero-order chi connectivity index (χ0) is 15.9. The Balaban J connectivity index is 1.81. The van der Waals surface area contributed by atoms with Gasteiger partial charge in [-0.1, -0.05) is 18.2 Å². The third kappa shape index (κ3) is 2.22. The van der Waals surface area contributed by atoms with Crippen LogP contribution in [0.1, 0.15) is 26.2 Å². The number of hydrogen-bond acceptors (Lipinski definition) is 4. The second-order valence-corrected chi connectivity index (χ2v) is 6.77. The second kappa shape index (κ2) is 5.73. The van der Waals surface area contributed by atoms with E-state index in [0.717, 1.165) is 57.0 Å². The Morgan fingerprint density at radius 1 is 1.30 bits per heavy atom. The molecule has 1 saturated heterocycles. The molecule has 2 aliphatic heterocycles. The summed E-state index contributed by atoms with van der Waals surface area (Å²) < 4.78 is 5.58. The first kappa shape index (κ1) is 14.8. The molecule has 5 nitrogen and oxygen atoms in total. The van der Waals surface area contributed by atoms with Crippen molar-refractivity contribution in [3.63, 3.8) is 0 Å². The molecule has 0 aromatic heterocycles. The first-order valence-corrected chi connectivity index (χ1v) is 8.61. The van der Waals surface area contributed by atoms with E-state index in [2.05, 4.69) is 17.1 Å². The van der Waals surface area contributed by atoms with Gasteiger partial charge in [-0.15, -0.1) is 0 Å². The van der Waals surface area contributed by atoms with Gasteiger partial charge in [-0.25, -0.2) is 5.01 Å². The van der Waals surface area contributed by atoms with Gasteiger partial charge in [-0.3, -0.25) is 4.79 Å². The monoisotopic (exact) mass is 314 g/mol. The molecule has 122 valence electrons. The van der Waals surface area contributed by atoms with E-state index >= 15 is 0 Å². The van der Waals surface area contributed by atoms with Crippen LogP contribution in [0, 0.1) is 5.92 Å². The van der Waals surface area contributed by atoms with Crippen molar-refractivity contribution in [2.75, 3.05) is 31.3 Å². The van der Waals surface area contributed by atoms with Gasteiger partial charge in [0.25, 0.3) is 0 Å². The topological polar surface area (TPSA) is 46.3 Å². The van der Waals surface area contributed by atoms with Crippen LogP contribution in [0.5, 0.6) is 0 Å². The van der Waals surface area contributed by atoms with Gasteiger partial charge in [0, 0.05) is 13.3 Å². The quantitative estimate of drug-likeness (QED) is 0.900. The number of hydrogen-bond donors (Lipinski definition) is 1. The number of carbonyl (C=O) groups is 1. The summed E-state index contributed by atoms with van der Waals surface area (Å²) in [6.45, 7) is 5.22. The predicted molar refractivity (Wildman–Crippen MR) is 88.6 cm³/mol. The Hall–Kier alpha value is -1.72. The average molecular weight is 314 g/mol. The Morgan fingerprint density at radius 2 is 2.04 bits per heavy atom. The van der Waals surface area contributed by atoms with Crippen LogP contribution in [-0.2, 0) is 9.53 Å². The molecule has 0 amide bonds. The van der Waals surface area contributed by atoms with Crippen LogP contribution in [0.15, 0.2) is 35.4 Å². The summed E-state index contributed by atoms with van der Waals surface area (Å²) in [7, 11) is 0. The highest BCUT2D eigenvalue weighted by molar-refractivity contribution is 6.40. The van der Waals surface area contributed by atoms with Crippen LogP contribution in [0.4, 0.5) is 5.69 Å². The number of para-hydroxylation sites is 1. The van der Waals surface area contributed by atoms with Crippen molar-refractivity contribution in [1.82, 2.24) is 0 Å². The number of ketones is 1. The molecule has 1 aromatic carbocycles. The zero-order valence-corrected chi connectivity index (χ0v) is 13.6. The minimum absolute atomic E-state index is 0.105. The van der Waals surface area contributed by atoms with E-state index < -0.39 is 0 Å². The van der Waals surface area contributed by atoms with Gasteiger partial charge in [-0.2, -0.15) is 5.10 Å². The van der Waals surface area contributed by atoms with Gasteiger partial charge in [-0.05, 0) is 25.0 Å². The number of Topliss-reactive ketones (excluding diaryl/α,β-unsaturated/α-hetero) is 1. The summed E-state index contributed by atoms with van der Waals surface area (Å²) in [4.78, 5) is 13.7. The van der Waals surface area contributed by atoms with Crippen LogP contribution >= 0.6 is 0 Å². The third-order valence-electron chi connectivity index (χ3n) is 5.61. The number of rotatable bonds is 3. The number of ether oxygens (including phenoxy) is 1. The number of carbonyl (C=O) groups excluding carboxylic acids is 1. The lowest BCUT2D eigenvalue weighted by atomic mass is 9.88. The first-order valence-electron chi connectivity index (χ1n) is 8.61. The summed E-state index contributed by atoms with van der Waals surface area (Å²) in [5.41, 5.74) is 1.76. The maximum atomic E-state index is 12.2. The van der Waals surface area contributed by atoms with Crippen LogP contribution < -0.4 is 9.91 Å². The van der Waals surface area contributed by atoms with Gasteiger partial charge >= 0.3 is 0 Å². The lowest BCUT2D eigenvalue weighted by Gasteiger charge is -2.44. The molecule has 2 fully saturated rings. The minimum atomic E-state index is -0.105. The fourth-order valence-electron chi connectivity index (χ4n) is 4.67.